The van der Waals surface area contributed by atoms with Crippen molar-refractivity contribution >= 4 is 17.5 Å². The van der Waals surface area contributed by atoms with E-state index >= 15 is 0 Å². The van der Waals surface area contributed by atoms with E-state index in [0.29, 0.717) is 43.5 Å². The second kappa shape index (κ2) is 9.36. The molecule has 2 saturated heterocycles. The number of piperazine rings is 1. The monoisotopic (exact) mass is 512 g/mol. The predicted molar refractivity (Wildman–Crippen MR) is 136 cm³/mol. The van der Waals surface area contributed by atoms with Gasteiger partial charge in [-0.2, -0.15) is 0 Å². The number of amides is 2. The van der Waals surface area contributed by atoms with Crippen LogP contribution in [-0.2, 0) is 10.4 Å². The highest BCUT2D eigenvalue weighted by atomic mass is 19.1. The Morgan fingerprint density at radius 1 is 1.00 bits per heavy atom. The third kappa shape index (κ3) is 4.59. The van der Waals surface area contributed by atoms with Crippen LogP contribution >= 0.6 is 0 Å². The Bertz CT molecular complexity index is 1160. The Hall–Kier alpha value is -3.04. The smallest absolute Gasteiger partial charge is 0.259 e. The van der Waals surface area contributed by atoms with Crippen molar-refractivity contribution in [1.82, 2.24) is 14.7 Å². The second-order valence-electron chi connectivity index (χ2n) is 11.2. The summed E-state index contributed by atoms with van der Waals surface area (Å²) in [6.07, 6.45) is 2.02. The van der Waals surface area contributed by atoms with Gasteiger partial charge in [0.05, 0.1) is 0 Å². The summed E-state index contributed by atoms with van der Waals surface area (Å²) in [4.78, 5) is 32.3. The van der Waals surface area contributed by atoms with Crippen LogP contribution in [0.1, 0.15) is 35.7 Å². The van der Waals surface area contributed by atoms with Crippen LogP contribution in [0.15, 0.2) is 42.5 Å². The summed E-state index contributed by atoms with van der Waals surface area (Å²) in [5.41, 5.74) is -0.868. The Morgan fingerprint density at radius 2 is 1.57 bits per heavy atom. The maximum absolute atomic E-state index is 14.6. The summed E-state index contributed by atoms with van der Waals surface area (Å²) >= 11 is 0. The van der Waals surface area contributed by atoms with E-state index in [1.807, 2.05) is 23.1 Å². The molecule has 1 aliphatic carbocycles. The maximum Gasteiger partial charge on any atom is 0.259 e. The number of aliphatic hydroxyl groups is 1. The largest absolute Gasteiger partial charge is 0.376 e. The molecular weight excluding hydrogens is 478 g/mol. The summed E-state index contributed by atoms with van der Waals surface area (Å²) in [7, 11) is 2.93. The Morgan fingerprint density at radius 3 is 2.11 bits per heavy atom. The molecule has 198 valence electrons. The van der Waals surface area contributed by atoms with Crippen molar-refractivity contribution in [2.24, 2.45) is 5.41 Å². The van der Waals surface area contributed by atoms with Crippen LogP contribution < -0.4 is 4.90 Å². The molecule has 9 heteroatoms. The average molecular weight is 513 g/mol. The molecule has 2 aromatic carbocycles. The van der Waals surface area contributed by atoms with Crippen LogP contribution in [0.4, 0.5) is 14.5 Å². The Labute approximate surface area is 216 Å². The first kappa shape index (κ1) is 25.6. The van der Waals surface area contributed by atoms with Crippen LogP contribution in [0.25, 0.3) is 0 Å². The number of hydrogen-bond acceptors (Lipinski definition) is 5. The van der Waals surface area contributed by atoms with Gasteiger partial charge in [0.1, 0.15) is 17.2 Å². The minimum atomic E-state index is -1.53. The van der Waals surface area contributed by atoms with Gasteiger partial charge in [-0.3, -0.25) is 14.5 Å². The van der Waals surface area contributed by atoms with Gasteiger partial charge in [-0.25, -0.2) is 8.78 Å². The van der Waals surface area contributed by atoms with Crippen molar-refractivity contribution < 1.29 is 23.5 Å². The number of halogens is 2. The molecule has 37 heavy (non-hydrogen) atoms. The SMILES string of the molecule is CN(C)C(=O)c1c(F)cc(N2CCN(C3CC4(C3)CN(C(=O)C(C)(O)c3ccccc3)C4)CC2)cc1F. The normalized spacial score (nSPS) is 21.2. The van der Waals surface area contributed by atoms with Gasteiger partial charge in [-0.05, 0) is 37.5 Å². The number of anilines is 1. The van der Waals surface area contributed by atoms with Crippen LogP contribution in [0.5, 0.6) is 0 Å². The average Bonchev–Trinajstić information content (AvgIpc) is 2.82. The van der Waals surface area contributed by atoms with E-state index in [2.05, 4.69) is 4.90 Å². The number of benzene rings is 2. The third-order valence-electron chi connectivity index (χ3n) is 8.27. The Balaban J connectivity index is 1.12. The van der Waals surface area contributed by atoms with Crippen LogP contribution in [-0.4, -0.2) is 91.0 Å². The van der Waals surface area contributed by atoms with Gasteiger partial charge in [0.15, 0.2) is 5.60 Å². The summed E-state index contributed by atoms with van der Waals surface area (Å²) in [6.45, 7) is 5.76. The summed E-state index contributed by atoms with van der Waals surface area (Å²) < 4.78 is 29.1. The lowest BCUT2D eigenvalue weighted by Gasteiger charge is -2.62. The van der Waals surface area contributed by atoms with Gasteiger partial charge in [-0.1, -0.05) is 30.3 Å². The molecule has 3 fully saturated rings. The van der Waals surface area contributed by atoms with Crippen molar-refractivity contribution in [2.45, 2.75) is 31.4 Å². The van der Waals surface area contributed by atoms with E-state index in [9.17, 15) is 23.5 Å². The summed E-state index contributed by atoms with van der Waals surface area (Å²) in [5, 5.41) is 10.9. The zero-order chi connectivity index (χ0) is 26.5. The van der Waals surface area contributed by atoms with E-state index in [0.717, 1.165) is 30.8 Å². The number of hydrogen-bond donors (Lipinski definition) is 1. The lowest BCUT2D eigenvalue weighted by molar-refractivity contribution is -0.175. The lowest BCUT2D eigenvalue weighted by atomic mass is 9.60. The Kier molecular flexibility index (Phi) is 6.48. The molecule has 2 aliphatic heterocycles. The predicted octanol–water partition coefficient (Wildman–Crippen LogP) is 2.69. The minimum Gasteiger partial charge on any atom is -0.376 e. The molecule has 0 bridgehead atoms. The zero-order valence-electron chi connectivity index (χ0n) is 21.6. The summed E-state index contributed by atoms with van der Waals surface area (Å²) in [5.74, 6) is -2.62. The van der Waals surface area contributed by atoms with Crippen molar-refractivity contribution in [3.8, 4) is 0 Å². The lowest BCUT2D eigenvalue weighted by Crippen LogP contribution is -2.70. The van der Waals surface area contributed by atoms with Crippen LogP contribution in [0.2, 0.25) is 0 Å². The molecular formula is C28H34F2N4O3. The molecule has 3 aliphatic rings. The molecule has 2 heterocycles. The molecule has 1 N–H and O–H groups in total. The molecule has 0 aromatic heterocycles. The molecule has 2 aromatic rings. The van der Waals surface area contributed by atoms with E-state index in [-0.39, 0.29) is 11.3 Å². The van der Waals surface area contributed by atoms with Crippen molar-refractivity contribution in [2.75, 3.05) is 58.3 Å². The van der Waals surface area contributed by atoms with Crippen molar-refractivity contribution in [3.63, 3.8) is 0 Å². The molecule has 1 unspecified atom stereocenters. The fourth-order valence-corrected chi connectivity index (χ4v) is 6.07. The highest BCUT2D eigenvalue weighted by Crippen LogP contribution is 2.51. The van der Waals surface area contributed by atoms with Gasteiger partial charge in [0, 0.05) is 70.5 Å². The topological polar surface area (TPSA) is 67.3 Å². The van der Waals surface area contributed by atoms with Crippen molar-refractivity contribution in [3.05, 3.63) is 65.2 Å². The standard InChI is InChI=1S/C28H34F2N4O3/c1-27(37,19-7-5-4-6-8-19)26(36)34-17-28(18-34)15-21(16-28)33-11-9-32(10-12-33)20-13-22(29)24(23(30)14-20)25(35)31(2)3/h4-8,13-14,21,37H,9-12,15-18H2,1-3H3. The third-order valence-corrected chi connectivity index (χ3v) is 8.27. The first-order valence-electron chi connectivity index (χ1n) is 12.8. The fourth-order valence-electron chi connectivity index (χ4n) is 6.07. The van der Waals surface area contributed by atoms with E-state index in [1.54, 1.807) is 24.0 Å². The molecule has 1 spiro atoms. The van der Waals surface area contributed by atoms with Gasteiger partial charge in [0.2, 0.25) is 0 Å². The summed E-state index contributed by atoms with van der Waals surface area (Å²) in [6, 6.07) is 12.0. The number of rotatable bonds is 5. The van der Waals surface area contributed by atoms with E-state index in [1.165, 1.54) is 26.2 Å². The van der Waals surface area contributed by atoms with Gasteiger partial charge in [0.25, 0.3) is 11.8 Å². The zero-order valence-corrected chi connectivity index (χ0v) is 21.6. The number of carbonyl (C=O) groups excluding carboxylic acids is 2. The molecule has 1 atom stereocenters. The quantitative estimate of drug-likeness (QED) is 0.668. The molecule has 2 amide bonds. The number of nitrogens with zero attached hydrogens (tertiary/aromatic N) is 4. The van der Waals surface area contributed by atoms with E-state index in [4.69, 9.17) is 0 Å². The van der Waals surface area contributed by atoms with Crippen LogP contribution in [0.3, 0.4) is 0 Å². The highest BCUT2D eigenvalue weighted by molar-refractivity contribution is 5.94. The number of likely N-dealkylation sites (tertiary alicyclic amines) is 1. The molecule has 1 saturated carbocycles. The first-order chi connectivity index (χ1) is 17.5. The second-order valence-corrected chi connectivity index (χ2v) is 11.2. The van der Waals surface area contributed by atoms with E-state index < -0.39 is 28.7 Å². The van der Waals surface area contributed by atoms with Crippen molar-refractivity contribution in [1.29, 1.82) is 0 Å². The van der Waals surface area contributed by atoms with Gasteiger partial charge < -0.3 is 19.8 Å². The number of carbonyl (C=O) groups is 2. The van der Waals surface area contributed by atoms with Gasteiger partial charge >= 0.3 is 0 Å². The minimum absolute atomic E-state index is 0.130. The maximum atomic E-state index is 14.6. The molecule has 0 radical (unpaired) electrons. The fraction of sp³-hybridized carbons (Fsp3) is 0.500. The van der Waals surface area contributed by atoms with Gasteiger partial charge in [-0.15, -0.1) is 0 Å². The van der Waals surface area contributed by atoms with Crippen LogP contribution in [0, 0.1) is 17.0 Å². The molecule has 7 nitrogen and oxygen atoms in total. The first-order valence-corrected chi connectivity index (χ1v) is 12.8. The molecule has 5 rings (SSSR count). The highest BCUT2D eigenvalue weighted by Gasteiger charge is 2.56.